The van der Waals surface area contributed by atoms with Crippen LogP contribution in [0, 0.1) is 0 Å². The van der Waals surface area contributed by atoms with Crippen molar-refractivity contribution in [2.75, 3.05) is 0 Å². The van der Waals surface area contributed by atoms with E-state index in [2.05, 4.69) is 0 Å². The van der Waals surface area contributed by atoms with Crippen LogP contribution in [0.3, 0.4) is 0 Å². The zero-order chi connectivity index (χ0) is 16.3. The van der Waals surface area contributed by atoms with Crippen molar-refractivity contribution in [2.24, 2.45) is 0 Å². The molecule has 1 atom stereocenters. The van der Waals surface area contributed by atoms with Gasteiger partial charge in [0.2, 0.25) is 0 Å². The van der Waals surface area contributed by atoms with Gasteiger partial charge >= 0.3 is 5.51 Å². The Bertz CT molecular complexity index is 586. The molecule has 0 aliphatic heterocycles. The molecule has 4 nitrogen and oxygen atoms in total. The van der Waals surface area contributed by atoms with E-state index in [-0.39, 0.29) is 0 Å². The summed E-state index contributed by atoms with van der Waals surface area (Å²) in [7, 11) is -1.70. The van der Waals surface area contributed by atoms with E-state index in [4.69, 9.17) is 13.7 Å². The van der Waals surface area contributed by atoms with Crippen LogP contribution in [0.25, 0.3) is 10.1 Å². The van der Waals surface area contributed by atoms with Crippen molar-refractivity contribution >= 4 is 20.6 Å². The molecule has 2 rings (SSSR count). The molecule has 0 spiro atoms. The Kier molecular flexibility index (Phi) is 6.37. The van der Waals surface area contributed by atoms with Crippen molar-refractivity contribution in [3.8, 4) is 0 Å². The van der Waals surface area contributed by atoms with Gasteiger partial charge in [0, 0.05) is 17.9 Å². The van der Waals surface area contributed by atoms with Crippen molar-refractivity contribution in [3.63, 3.8) is 0 Å². The molecule has 0 saturated carbocycles. The Hall–Kier alpha value is -0.460. The van der Waals surface area contributed by atoms with Crippen LogP contribution in [-0.2, 0) is 11.9 Å². The zero-order valence-corrected chi connectivity index (χ0v) is 13.8. The second kappa shape index (κ2) is 7.20. The number of aryl methyl sites for hydroxylation is 1. The largest absolute Gasteiger partial charge is 0.600 e. The molecular formula is C12H12F3IO4S. The zero-order valence-electron chi connectivity index (χ0n) is 10.9. The highest BCUT2D eigenvalue weighted by molar-refractivity contribution is 7.38. The second-order valence-electron chi connectivity index (χ2n) is 4.03. The molecule has 0 fully saturated rings. The quantitative estimate of drug-likeness (QED) is 0.378. The molecule has 0 aliphatic rings. The molecule has 1 aromatic carbocycles. The van der Waals surface area contributed by atoms with Gasteiger partial charge in [0.15, 0.2) is 9.58 Å². The van der Waals surface area contributed by atoms with Gasteiger partial charge < -0.3 is 0 Å². The van der Waals surface area contributed by atoms with E-state index in [1.54, 1.807) is 30.3 Å². The molecule has 0 N–H and O–H groups in total. The number of rotatable bonds is 2. The van der Waals surface area contributed by atoms with E-state index in [1.165, 1.54) is 0 Å². The lowest BCUT2D eigenvalue weighted by Crippen LogP contribution is -4.29. The molecule has 0 bridgehead atoms. The van der Waals surface area contributed by atoms with Crippen LogP contribution in [0.4, 0.5) is 13.2 Å². The lowest BCUT2D eigenvalue weighted by Gasteiger charge is -2.08. The lowest BCUT2D eigenvalue weighted by molar-refractivity contribution is -2.00. The normalized spacial score (nSPS) is 13.0. The van der Waals surface area contributed by atoms with E-state index in [0.717, 1.165) is 11.8 Å². The third-order valence-electron chi connectivity index (χ3n) is 2.45. The van der Waals surface area contributed by atoms with Crippen LogP contribution >= 0.6 is 10.5 Å². The summed E-state index contributed by atoms with van der Waals surface area (Å²) in [5, 5.41) is 0.728. The molecule has 9 heteroatoms. The minimum absolute atomic E-state index is 0.429. The first-order valence-electron chi connectivity index (χ1n) is 5.76. The van der Waals surface area contributed by atoms with Gasteiger partial charge in [0.1, 0.15) is 20.1 Å². The van der Waals surface area contributed by atoms with Crippen molar-refractivity contribution in [2.45, 2.75) is 25.3 Å². The maximum Gasteiger partial charge on any atom is 0.600 e. The molecule has 21 heavy (non-hydrogen) atoms. The number of thiophene rings is 1. The first kappa shape index (κ1) is 18.6. The summed E-state index contributed by atoms with van der Waals surface area (Å²) in [6.07, 6.45) is 1.27. The van der Waals surface area contributed by atoms with E-state index in [9.17, 15) is 13.2 Å². The molecule has 2 aromatic rings. The van der Waals surface area contributed by atoms with Gasteiger partial charge in [-0.25, -0.2) is 0 Å². The maximum absolute atomic E-state index is 13.0. The van der Waals surface area contributed by atoms with Crippen LogP contribution in [-0.4, -0.2) is 0 Å². The summed E-state index contributed by atoms with van der Waals surface area (Å²) in [6.45, 7) is 1.90. The molecule has 0 radical (unpaired) electrons. The van der Waals surface area contributed by atoms with Crippen LogP contribution in [0.15, 0.2) is 30.3 Å². The van der Waals surface area contributed by atoms with Gasteiger partial charge in [-0.15, -0.1) is 13.2 Å². The number of benzene rings is 1. The Morgan fingerprint density at radius 3 is 2.10 bits per heavy atom. The third-order valence-corrected chi connectivity index (χ3v) is 4.57. The summed E-state index contributed by atoms with van der Waals surface area (Å²) in [4.78, 5) is 0.524. The predicted molar refractivity (Wildman–Crippen MR) is 61.7 cm³/mol. The minimum Gasteiger partial charge on any atom is -0.286 e. The first-order chi connectivity index (χ1) is 9.54. The summed E-state index contributed by atoms with van der Waals surface area (Å²) in [6, 6.07) is 8.50. The molecular weight excluding hydrogens is 424 g/mol. The van der Waals surface area contributed by atoms with Crippen molar-refractivity contribution in [1.82, 2.24) is 0 Å². The average Bonchev–Trinajstić information content (AvgIpc) is 2.64. The second-order valence-corrected chi connectivity index (χ2v) is 8.23. The van der Waals surface area contributed by atoms with E-state index < -0.39 is 36.1 Å². The Morgan fingerprint density at radius 1 is 1.10 bits per heavy atom. The predicted octanol–water partition coefficient (Wildman–Crippen LogP) is -2.73. The van der Waals surface area contributed by atoms with E-state index >= 15 is 0 Å². The molecule has 1 heterocycles. The summed E-state index contributed by atoms with van der Waals surface area (Å²) in [5.74, 6) is 0. The van der Waals surface area contributed by atoms with Gasteiger partial charge in [-0.2, -0.15) is 0 Å². The highest BCUT2D eigenvalue weighted by atomic mass is 127. The standard InChI is InChI=1S/C12H12F3S.IO4/c1-2-5-10-8-9-6-3-4-7-11(9)16(10)12(13,14)15;2-1(3,4)5/h3-4,6-8H,2,5H2,1H3;/q+1;-1. The van der Waals surface area contributed by atoms with E-state index in [1.807, 2.05) is 6.92 Å². The van der Waals surface area contributed by atoms with Crippen LogP contribution in [0.2, 0.25) is 0 Å². The van der Waals surface area contributed by atoms with Gasteiger partial charge in [0.05, 0.1) is 10.5 Å². The highest BCUT2D eigenvalue weighted by Crippen LogP contribution is 2.50. The van der Waals surface area contributed by atoms with Gasteiger partial charge in [0.25, 0.3) is 0 Å². The Balaban J connectivity index is 0.000000383. The SMILES string of the molecule is CCCc1cc2ccccc2[s+]1C(F)(F)F.[O-][I+3]([O-])([O-])[O-]. The highest BCUT2D eigenvalue weighted by Gasteiger charge is 2.47. The monoisotopic (exact) mass is 436 g/mol. The fraction of sp³-hybridized carbons (Fsp3) is 0.333. The van der Waals surface area contributed by atoms with Crippen molar-refractivity contribution in [1.29, 1.82) is 0 Å². The van der Waals surface area contributed by atoms with Crippen molar-refractivity contribution < 1.29 is 47.0 Å². The Morgan fingerprint density at radius 2 is 1.62 bits per heavy atom. The lowest BCUT2D eigenvalue weighted by atomic mass is 10.2. The third kappa shape index (κ3) is 6.04. The molecule has 118 valence electrons. The Labute approximate surface area is 128 Å². The maximum atomic E-state index is 13.0. The molecule has 1 unspecified atom stereocenters. The van der Waals surface area contributed by atoms with Gasteiger partial charge in [-0.3, -0.25) is 13.7 Å². The molecule has 0 amide bonds. The summed E-state index contributed by atoms with van der Waals surface area (Å²) in [5.41, 5.74) is -4.15. The molecule has 1 aromatic heterocycles. The van der Waals surface area contributed by atoms with Crippen LogP contribution in [0.5, 0.6) is 0 Å². The van der Waals surface area contributed by atoms with Gasteiger partial charge in [-0.1, -0.05) is 19.1 Å². The fourth-order valence-electron chi connectivity index (χ4n) is 1.85. The number of halogens is 4. The average molecular weight is 436 g/mol. The smallest absolute Gasteiger partial charge is 0.286 e. The molecule has 0 saturated heterocycles. The number of hydrogen-bond acceptors (Lipinski definition) is 4. The van der Waals surface area contributed by atoms with Crippen LogP contribution < -0.4 is 33.8 Å². The number of fused-ring (bicyclic) bond motifs is 1. The summed E-state index contributed by atoms with van der Waals surface area (Å²) < 4.78 is 73.9. The van der Waals surface area contributed by atoms with Gasteiger partial charge in [-0.05, 0) is 18.6 Å². The first-order valence-corrected chi connectivity index (χ1v) is 10.5. The van der Waals surface area contributed by atoms with Crippen molar-refractivity contribution in [3.05, 3.63) is 35.2 Å². The number of hydrogen-bond donors (Lipinski definition) is 0. The number of alkyl halides is 3. The van der Waals surface area contributed by atoms with E-state index in [0.29, 0.717) is 16.0 Å². The van der Waals surface area contributed by atoms with Crippen LogP contribution in [0.1, 0.15) is 18.2 Å². The fourth-order valence-corrected chi connectivity index (χ4v) is 3.91. The molecule has 0 aliphatic carbocycles. The topological polar surface area (TPSA) is 92.2 Å². The summed E-state index contributed by atoms with van der Waals surface area (Å²) >= 11 is -5.94. The minimum atomic E-state index is -5.94.